The van der Waals surface area contributed by atoms with Gasteiger partial charge in [-0.25, -0.2) is 0 Å². The van der Waals surface area contributed by atoms with E-state index in [4.69, 9.17) is 25.9 Å². The van der Waals surface area contributed by atoms with Crippen molar-refractivity contribution in [3.05, 3.63) is 58.6 Å². The van der Waals surface area contributed by atoms with Crippen LogP contribution < -0.4 is 9.47 Å². The molecule has 0 aromatic heterocycles. The maximum atomic E-state index is 5.82. The molecule has 0 N–H and O–H groups in total. The van der Waals surface area contributed by atoms with Gasteiger partial charge in [0.25, 0.3) is 0 Å². The molecule has 0 spiro atoms. The first-order valence-electron chi connectivity index (χ1n) is 6.93. The average molecular weight is 320 g/mol. The monoisotopic (exact) mass is 319 g/mol. The number of benzene rings is 2. The zero-order valence-electron chi connectivity index (χ0n) is 12.6. The number of hydrogen-bond acceptors (Lipinski definition) is 4. The molecule has 0 atom stereocenters. The Kier molecular flexibility index (Phi) is 6.10. The molecule has 0 aliphatic heterocycles. The molecule has 0 bridgehead atoms. The highest BCUT2D eigenvalue weighted by Crippen LogP contribution is 2.27. The summed E-state index contributed by atoms with van der Waals surface area (Å²) in [5, 5.41) is 4.66. The Hall–Kier alpha value is -2.20. The minimum absolute atomic E-state index is 0.391. The van der Waals surface area contributed by atoms with E-state index < -0.39 is 0 Å². The van der Waals surface area contributed by atoms with Gasteiger partial charge in [0.2, 0.25) is 0 Å². The number of hydrogen-bond donors (Lipinski definition) is 0. The molecule has 0 fully saturated rings. The lowest BCUT2D eigenvalue weighted by molar-refractivity contribution is 0.132. The molecule has 5 heteroatoms. The third-order valence-corrected chi connectivity index (χ3v) is 3.16. The van der Waals surface area contributed by atoms with E-state index in [1.54, 1.807) is 13.3 Å². The van der Waals surface area contributed by atoms with Crippen LogP contribution in [0.2, 0.25) is 5.02 Å². The summed E-state index contributed by atoms with van der Waals surface area (Å²) in [5.41, 5.74) is 1.88. The van der Waals surface area contributed by atoms with Gasteiger partial charge < -0.3 is 14.3 Å². The Morgan fingerprint density at radius 1 is 1.09 bits per heavy atom. The predicted octanol–water partition coefficient (Wildman–Crippen LogP) is 4.30. The summed E-state index contributed by atoms with van der Waals surface area (Å²) in [7, 11) is 1.61. The van der Waals surface area contributed by atoms with E-state index in [1.807, 2.05) is 49.4 Å². The normalized spacial score (nSPS) is 10.7. The molecular weight excluding hydrogens is 302 g/mol. The number of oxime groups is 1. The minimum atomic E-state index is 0.391. The van der Waals surface area contributed by atoms with Crippen molar-refractivity contribution in [2.75, 3.05) is 13.7 Å². The lowest BCUT2D eigenvalue weighted by atomic mass is 10.2. The van der Waals surface area contributed by atoms with Crippen LogP contribution in [0, 0.1) is 0 Å². The number of halogens is 1. The minimum Gasteiger partial charge on any atom is -0.493 e. The van der Waals surface area contributed by atoms with Gasteiger partial charge in [-0.1, -0.05) is 28.9 Å². The molecule has 0 aliphatic carbocycles. The summed E-state index contributed by atoms with van der Waals surface area (Å²) in [6, 6.07) is 13.0. The zero-order chi connectivity index (χ0) is 15.8. The molecule has 0 aliphatic rings. The molecule has 0 unspecified atom stereocenters. The van der Waals surface area contributed by atoms with E-state index in [9.17, 15) is 0 Å². The lowest BCUT2D eigenvalue weighted by Crippen LogP contribution is -1.96. The van der Waals surface area contributed by atoms with Gasteiger partial charge in [-0.2, -0.15) is 0 Å². The first-order valence-corrected chi connectivity index (χ1v) is 7.31. The molecule has 0 saturated heterocycles. The average Bonchev–Trinajstić information content (AvgIpc) is 2.54. The molecule has 22 heavy (non-hydrogen) atoms. The molecule has 2 aromatic carbocycles. The molecular formula is C17H18ClNO3. The second-order valence-corrected chi connectivity index (χ2v) is 4.91. The van der Waals surface area contributed by atoms with Gasteiger partial charge >= 0.3 is 0 Å². The fourth-order valence-corrected chi connectivity index (χ4v) is 1.96. The largest absolute Gasteiger partial charge is 0.493 e. The van der Waals surface area contributed by atoms with Crippen molar-refractivity contribution < 1.29 is 14.3 Å². The lowest BCUT2D eigenvalue weighted by Gasteiger charge is -2.09. The molecule has 2 rings (SSSR count). The van der Waals surface area contributed by atoms with E-state index in [-0.39, 0.29) is 0 Å². The van der Waals surface area contributed by atoms with E-state index in [0.29, 0.717) is 29.7 Å². The van der Waals surface area contributed by atoms with Crippen molar-refractivity contribution in [1.82, 2.24) is 0 Å². The van der Waals surface area contributed by atoms with E-state index in [1.165, 1.54) is 0 Å². The van der Waals surface area contributed by atoms with Crippen molar-refractivity contribution in [3.63, 3.8) is 0 Å². The summed E-state index contributed by atoms with van der Waals surface area (Å²) < 4.78 is 10.7. The number of methoxy groups -OCH3 is 1. The topological polar surface area (TPSA) is 40.0 Å². The van der Waals surface area contributed by atoms with Gasteiger partial charge in [-0.05, 0) is 42.8 Å². The highest BCUT2D eigenvalue weighted by molar-refractivity contribution is 6.30. The van der Waals surface area contributed by atoms with Crippen LogP contribution in [-0.4, -0.2) is 19.9 Å². The van der Waals surface area contributed by atoms with Gasteiger partial charge in [-0.15, -0.1) is 0 Å². The van der Waals surface area contributed by atoms with Crippen molar-refractivity contribution in [3.8, 4) is 11.5 Å². The van der Waals surface area contributed by atoms with Crippen LogP contribution >= 0.6 is 11.6 Å². The third kappa shape index (κ3) is 4.67. The fourth-order valence-electron chi connectivity index (χ4n) is 1.83. The Morgan fingerprint density at radius 2 is 1.86 bits per heavy atom. The van der Waals surface area contributed by atoms with Crippen LogP contribution in [0.4, 0.5) is 0 Å². The van der Waals surface area contributed by atoms with Crippen LogP contribution in [0.25, 0.3) is 0 Å². The number of rotatable bonds is 7. The third-order valence-electron chi connectivity index (χ3n) is 2.91. The maximum absolute atomic E-state index is 5.82. The zero-order valence-corrected chi connectivity index (χ0v) is 13.3. The molecule has 0 radical (unpaired) electrons. The predicted molar refractivity (Wildman–Crippen MR) is 88.0 cm³/mol. The summed E-state index contributed by atoms with van der Waals surface area (Å²) in [4.78, 5) is 5.27. The Bertz CT molecular complexity index is 626. The molecule has 4 nitrogen and oxygen atoms in total. The standard InChI is InChI=1S/C17H18ClNO3/c1-3-21-16-9-6-14(10-17(16)20-2)11-19-22-12-13-4-7-15(18)8-5-13/h4-11H,3,12H2,1-2H3. The van der Waals surface area contributed by atoms with Crippen LogP contribution in [0.15, 0.2) is 47.6 Å². The van der Waals surface area contributed by atoms with Crippen molar-refractivity contribution in [2.45, 2.75) is 13.5 Å². The van der Waals surface area contributed by atoms with Crippen LogP contribution in [0.1, 0.15) is 18.1 Å². The summed E-state index contributed by atoms with van der Waals surface area (Å²) >= 11 is 5.82. The fraction of sp³-hybridized carbons (Fsp3) is 0.235. The van der Waals surface area contributed by atoms with E-state index >= 15 is 0 Å². The second kappa shape index (κ2) is 8.29. The van der Waals surface area contributed by atoms with Crippen molar-refractivity contribution >= 4 is 17.8 Å². The van der Waals surface area contributed by atoms with Crippen molar-refractivity contribution in [2.24, 2.45) is 5.16 Å². The second-order valence-electron chi connectivity index (χ2n) is 4.48. The van der Waals surface area contributed by atoms with E-state index in [0.717, 1.165) is 11.1 Å². The molecule has 0 amide bonds. The quantitative estimate of drug-likeness (QED) is 0.564. The Balaban J connectivity index is 1.93. The summed E-state index contributed by atoms with van der Waals surface area (Å²) in [6.07, 6.45) is 1.63. The summed E-state index contributed by atoms with van der Waals surface area (Å²) in [6.45, 7) is 2.91. The van der Waals surface area contributed by atoms with Crippen LogP contribution in [0.3, 0.4) is 0 Å². The Morgan fingerprint density at radius 3 is 2.55 bits per heavy atom. The Labute approximate surface area is 135 Å². The first-order chi connectivity index (χ1) is 10.7. The van der Waals surface area contributed by atoms with Crippen LogP contribution in [-0.2, 0) is 11.4 Å². The number of nitrogens with zero attached hydrogens (tertiary/aromatic N) is 1. The molecule has 0 heterocycles. The van der Waals surface area contributed by atoms with Gasteiger partial charge in [0.05, 0.1) is 19.9 Å². The maximum Gasteiger partial charge on any atom is 0.161 e. The van der Waals surface area contributed by atoms with Gasteiger partial charge in [0.1, 0.15) is 6.61 Å². The smallest absolute Gasteiger partial charge is 0.161 e. The van der Waals surface area contributed by atoms with Gasteiger partial charge in [0, 0.05) is 10.6 Å². The molecule has 2 aromatic rings. The first kappa shape index (κ1) is 16.2. The highest BCUT2D eigenvalue weighted by Gasteiger charge is 2.04. The van der Waals surface area contributed by atoms with Gasteiger partial charge in [-0.3, -0.25) is 0 Å². The van der Waals surface area contributed by atoms with E-state index in [2.05, 4.69) is 5.16 Å². The molecule has 116 valence electrons. The molecule has 0 saturated carbocycles. The van der Waals surface area contributed by atoms with Crippen LogP contribution in [0.5, 0.6) is 11.5 Å². The van der Waals surface area contributed by atoms with Crippen molar-refractivity contribution in [1.29, 1.82) is 0 Å². The number of ether oxygens (including phenoxy) is 2. The summed E-state index contributed by atoms with van der Waals surface area (Å²) in [5.74, 6) is 1.38. The van der Waals surface area contributed by atoms with Gasteiger partial charge in [0.15, 0.2) is 11.5 Å². The highest BCUT2D eigenvalue weighted by atomic mass is 35.5. The SMILES string of the molecule is CCOc1ccc(C=NOCc2ccc(Cl)cc2)cc1OC.